The van der Waals surface area contributed by atoms with E-state index in [1.807, 2.05) is 30.3 Å². The van der Waals surface area contributed by atoms with Crippen molar-refractivity contribution in [2.45, 2.75) is 12.3 Å². The van der Waals surface area contributed by atoms with Gasteiger partial charge in [0.25, 0.3) is 5.24 Å². The van der Waals surface area contributed by atoms with Gasteiger partial charge in [-0.2, -0.15) is 5.26 Å². The van der Waals surface area contributed by atoms with Crippen molar-refractivity contribution in [1.29, 1.82) is 5.26 Å². The average molecular weight is 400 g/mol. The van der Waals surface area contributed by atoms with E-state index in [-0.39, 0.29) is 17.6 Å². The van der Waals surface area contributed by atoms with Crippen LogP contribution in [0.1, 0.15) is 23.5 Å². The summed E-state index contributed by atoms with van der Waals surface area (Å²) in [6, 6.07) is 16.9. The number of amides is 2. The van der Waals surface area contributed by atoms with Crippen LogP contribution in [0.4, 0.5) is 10.5 Å². The molecule has 7 heteroatoms. The molecule has 0 spiro atoms. The van der Waals surface area contributed by atoms with E-state index in [0.29, 0.717) is 29.4 Å². The molecule has 138 valence electrons. The van der Waals surface area contributed by atoms with Crippen molar-refractivity contribution in [3.05, 3.63) is 64.7 Å². The maximum absolute atomic E-state index is 12.1. The number of benzene rings is 2. The third-order valence-electron chi connectivity index (χ3n) is 4.31. The molecule has 0 bridgehead atoms. The van der Waals surface area contributed by atoms with E-state index in [1.54, 1.807) is 23.1 Å². The summed E-state index contributed by atoms with van der Waals surface area (Å²) in [5.41, 5.74) is 2.13. The van der Waals surface area contributed by atoms with Gasteiger partial charge in [0.15, 0.2) is 0 Å². The van der Waals surface area contributed by atoms with Crippen LogP contribution >= 0.6 is 23.4 Å². The third kappa shape index (κ3) is 4.82. The molecule has 3 rings (SSSR count). The van der Waals surface area contributed by atoms with Gasteiger partial charge in [-0.15, -0.1) is 0 Å². The molecule has 1 atom stereocenters. The van der Waals surface area contributed by atoms with Crippen molar-refractivity contribution in [2.75, 3.05) is 24.2 Å². The summed E-state index contributed by atoms with van der Waals surface area (Å²) in [6.07, 6.45) is 0.233. The van der Waals surface area contributed by atoms with Crippen molar-refractivity contribution < 1.29 is 9.59 Å². The van der Waals surface area contributed by atoms with E-state index >= 15 is 0 Å². The third-order valence-corrected chi connectivity index (χ3v) is 5.53. The van der Waals surface area contributed by atoms with E-state index in [4.69, 9.17) is 11.6 Å². The molecule has 0 aromatic heterocycles. The lowest BCUT2D eigenvalue weighted by molar-refractivity contribution is -0.116. The zero-order valence-corrected chi connectivity index (χ0v) is 16.1. The summed E-state index contributed by atoms with van der Waals surface area (Å²) >= 11 is 7.66. The maximum atomic E-state index is 12.1. The molecule has 0 radical (unpaired) electrons. The molecular weight excluding hydrogens is 382 g/mol. The van der Waals surface area contributed by atoms with Gasteiger partial charge in [-0.1, -0.05) is 59.8 Å². The highest BCUT2D eigenvalue weighted by atomic mass is 35.5. The summed E-state index contributed by atoms with van der Waals surface area (Å²) in [4.78, 5) is 25.4. The average Bonchev–Trinajstić information content (AvgIpc) is 3.08. The van der Waals surface area contributed by atoms with Crippen molar-refractivity contribution in [1.82, 2.24) is 4.90 Å². The van der Waals surface area contributed by atoms with Crippen LogP contribution in [0.25, 0.3) is 0 Å². The van der Waals surface area contributed by atoms with Crippen molar-refractivity contribution in [3.8, 4) is 6.07 Å². The standard InChI is InChI=1S/C20H18ClN3O2S/c21-18-12-15(23-19(25)8-9-24-10-11-27-20(24)26)6-7-16(18)17(13-22)14-4-2-1-3-5-14/h1-7,12,17H,8-11H2,(H,23,25). The second-order valence-electron chi connectivity index (χ2n) is 6.11. The van der Waals surface area contributed by atoms with E-state index in [1.165, 1.54) is 11.8 Å². The van der Waals surface area contributed by atoms with Crippen molar-refractivity contribution >= 4 is 40.2 Å². The first-order valence-electron chi connectivity index (χ1n) is 8.54. The first-order chi connectivity index (χ1) is 13.1. The van der Waals surface area contributed by atoms with Crippen LogP contribution < -0.4 is 5.32 Å². The predicted octanol–water partition coefficient (Wildman–Crippen LogP) is 4.49. The largest absolute Gasteiger partial charge is 0.332 e. The minimum Gasteiger partial charge on any atom is -0.332 e. The second-order valence-corrected chi connectivity index (χ2v) is 7.56. The van der Waals surface area contributed by atoms with Gasteiger partial charge in [0.2, 0.25) is 5.91 Å². The molecular formula is C20H18ClN3O2S. The topological polar surface area (TPSA) is 73.2 Å². The number of hydrogen-bond donors (Lipinski definition) is 1. The Morgan fingerprint density at radius 3 is 2.70 bits per heavy atom. The lowest BCUT2D eigenvalue weighted by Gasteiger charge is -2.15. The van der Waals surface area contributed by atoms with E-state index in [9.17, 15) is 14.9 Å². The smallest absolute Gasteiger partial charge is 0.281 e. The molecule has 27 heavy (non-hydrogen) atoms. The van der Waals surface area contributed by atoms with E-state index in [0.717, 1.165) is 11.3 Å². The van der Waals surface area contributed by atoms with Gasteiger partial charge in [0, 0.05) is 36.0 Å². The quantitative estimate of drug-likeness (QED) is 0.776. The number of anilines is 1. The van der Waals surface area contributed by atoms with Gasteiger partial charge >= 0.3 is 0 Å². The van der Waals surface area contributed by atoms with Crippen LogP contribution in [0.5, 0.6) is 0 Å². The Morgan fingerprint density at radius 2 is 2.07 bits per heavy atom. The summed E-state index contributed by atoms with van der Waals surface area (Å²) in [5.74, 6) is 0.129. The normalized spacial score (nSPS) is 14.7. The number of carbonyl (C=O) groups excluding carboxylic acids is 2. The lowest BCUT2D eigenvalue weighted by Crippen LogP contribution is -2.27. The second kappa shape index (κ2) is 8.94. The molecule has 1 saturated heterocycles. The van der Waals surface area contributed by atoms with Crippen LogP contribution in [0.15, 0.2) is 48.5 Å². The molecule has 0 saturated carbocycles. The Bertz CT molecular complexity index is 883. The fourth-order valence-electron chi connectivity index (χ4n) is 2.90. The first kappa shape index (κ1) is 19.3. The molecule has 2 amide bonds. The highest BCUT2D eigenvalue weighted by Gasteiger charge is 2.21. The molecule has 1 fully saturated rings. The molecule has 5 nitrogen and oxygen atoms in total. The van der Waals surface area contributed by atoms with Gasteiger partial charge in [-0.3, -0.25) is 9.59 Å². The number of hydrogen-bond acceptors (Lipinski definition) is 4. The Hall–Kier alpha value is -2.49. The molecule has 0 aliphatic carbocycles. The number of halogens is 1. The molecule has 2 aromatic carbocycles. The zero-order valence-electron chi connectivity index (χ0n) is 14.5. The summed E-state index contributed by atoms with van der Waals surface area (Å²) < 4.78 is 0. The Balaban J connectivity index is 1.65. The van der Waals surface area contributed by atoms with Crippen LogP contribution in [0.3, 0.4) is 0 Å². The molecule has 1 N–H and O–H groups in total. The molecule has 2 aromatic rings. The molecule has 1 unspecified atom stereocenters. The summed E-state index contributed by atoms with van der Waals surface area (Å²) in [7, 11) is 0. The summed E-state index contributed by atoms with van der Waals surface area (Å²) in [6.45, 7) is 1.10. The Kier molecular flexibility index (Phi) is 6.38. The molecule has 1 heterocycles. The number of nitrogens with zero attached hydrogens (tertiary/aromatic N) is 2. The van der Waals surface area contributed by atoms with E-state index in [2.05, 4.69) is 11.4 Å². The van der Waals surface area contributed by atoms with Crippen LogP contribution in [0.2, 0.25) is 5.02 Å². The highest BCUT2D eigenvalue weighted by molar-refractivity contribution is 8.13. The Morgan fingerprint density at radius 1 is 1.30 bits per heavy atom. The van der Waals surface area contributed by atoms with Gasteiger partial charge in [0.05, 0.1) is 12.0 Å². The highest BCUT2D eigenvalue weighted by Crippen LogP contribution is 2.31. The number of thioether (sulfide) groups is 1. The van der Waals surface area contributed by atoms with Crippen LogP contribution in [-0.4, -0.2) is 34.9 Å². The molecule has 1 aliphatic heterocycles. The van der Waals surface area contributed by atoms with Gasteiger partial charge < -0.3 is 10.2 Å². The SMILES string of the molecule is N#CC(c1ccccc1)c1ccc(NC(=O)CCN2CCSC2=O)cc1Cl. The van der Waals surface area contributed by atoms with Crippen molar-refractivity contribution in [2.24, 2.45) is 0 Å². The van der Waals surface area contributed by atoms with Gasteiger partial charge in [-0.25, -0.2) is 0 Å². The lowest BCUT2D eigenvalue weighted by atomic mass is 9.92. The zero-order chi connectivity index (χ0) is 19.2. The summed E-state index contributed by atoms with van der Waals surface area (Å²) in [5, 5.41) is 12.8. The fraction of sp³-hybridized carbons (Fsp3) is 0.250. The van der Waals surface area contributed by atoms with Gasteiger partial charge in [0.1, 0.15) is 0 Å². The maximum Gasteiger partial charge on any atom is 0.281 e. The van der Waals surface area contributed by atoms with Gasteiger partial charge in [-0.05, 0) is 23.3 Å². The van der Waals surface area contributed by atoms with Crippen LogP contribution in [0, 0.1) is 11.3 Å². The minimum atomic E-state index is -0.470. The Labute approximate surface area is 167 Å². The first-order valence-corrected chi connectivity index (χ1v) is 9.90. The molecule has 1 aliphatic rings. The predicted molar refractivity (Wildman–Crippen MR) is 108 cm³/mol. The minimum absolute atomic E-state index is 0.0265. The fourth-order valence-corrected chi connectivity index (χ4v) is 4.04. The number of nitriles is 1. The number of rotatable bonds is 6. The monoisotopic (exact) mass is 399 g/mol. The van der Waals surface area contributed by atoms with E-state index < -0.39 is 5.92 Å². The van der Waals surface area contributed by atoms with Crippen LogP contribution in [-0.2, 0) is 4.79 Å². The van der Waals surface area contributed by atoms with Crippen molar-refractivity contribution in [3.63, 3.8) is 0 Å². The number of nitrogens with one attached hydrogen (secondary N) is 1. The number of carbonyl (C=O) groups is 2.